The van der Waals surface area contributed by atoms with Gasteiger partial charge in [-0.25, -0.2) is 0 Å². The van der Waals surface area contributed by atoms with E-state index in [9.17, 15) is 0 Å². The Balaban J connectivity index is 1.98. The smallest absolute Gasteiger partial charge is 0.00313 e. The van der Waals surface area contributed by atoms with Crippen LogP contribution in [0.1, 0.15) is 44.9 Å². The summed E-state index contributed by atoms with van der Waals surface area (Å²) in [4.78, 5) is 2.65. The van der Waals surface area contributed by atoms with Crippen LogP contribution in [0.5, 0.6) is 0 Å². The van der Waals surface area contributed by atoms with Gasteiger partial charge in [-0.3, -0.25) is 0 Å². The normalized spacial score (nSPS) is 20.1. The third-order valence-electron chi connectivity index (χ3n) is 2.81. The summed E-state index contributed by atoms with van der Waals surface area (Å²) in [6.07, 6.45) is 9.90. The predicted octanol–water partition coefficient (Wildman–Crippen LogP) is 3.43. The second kappa shape index (κ2) is 7.81. The van der Waals surface area contributed by atoms with Gasteiger partial charge in [0.1, 0.15) is 0 Å². The Morgan fingerprint density at radius 1 is 0.846 bits per heavy atom. The molecule has 0 saturated carbocycles. The summed E-state index contributed by atoms with van der Waals surface area (Å²) in [5, 5.41) is 1.17. The molecule has 1 fully saturated rings. The average molecular weight is 248 g/mol. The quantitative estimate of drug-likeness (QED) is 0.532. The van der Waals surface area contributed by atoms with Gasteiger partial charge in [-0.05, 0) is 45.3 Å². The number of nitrogens with zero attached hydrogens (tertiary/aromatic N) is 1. The van der Waals surface area contributed by atoms with Gasteiger partial charge >= 0.3 is 0 Å². The molecule has 0 aromatic rings. The fraction of sp³-hybridized carbons (Fsp3) is 1.00. The van der Waals surface area contributed by atoms with Crippen LogP contribution in [0.15, 0.2) is 0 Å². The lowest BCUT2D eigenvalue weighted by atomic mass is 10.2. The van der Waals surface area contributed by atoms with E-state index in [0.29, 0.717) is 0 Å². The minimum Gasteiger partial charge on any atom is -0.303 e. The number of hydrogen-bond donors (Lipinski definition) is 0. The maximum atomic E-state index is 3.47. The van der Waals surface area contributed by atoms with Gasteiger partial charge in [0.25, 0.3) is 0 Å². The van der Waals surface area contributed by atoms with Crippen molar-refractivity contribution in [2.45, 2.75) is 44.9 Å². The third-order valence-corrected chi connectivity index (χ3v) is 3.37. The molecule has 0 N–H and O–H groups in total. The molecule has 0 aromatic heterocycles. The zero-order valence-corrected chi connectivity index (χ0v) is 10.2. The molecule has 0 amide bonds. The first-order valence-electron chi connectivity index (χ1n) is 5.72. The highest BCUT2D eigenvalue weighted by atomic mass is 79.9. The van der Waals surface area contributed by atoms with Crippen LogP contribution in [0, 0.1) is 0 Å². The van der Waals surface area contributed by atoms with Crippen LogP contribution in [-0.2, 0) is 0 Å². The number of rotatable bonds is 5. The summed E-state index contributed by atoms with van der Waals surface area (Å²) >= 11 is 3.47. The monoisotopic (exact) mass is 247 g/mol. The lowest BCUT2D eigenvalue weighted by Crippen LogP contribution is -2.25. The van der Waals surface area contributed by atoms with Crippen LogP contribution in [-0.4, -0.2) is 29.9 Å². The van der Waals surface area contributed by atoms with Crippen molar-refractivity contribution in [3.63, 3.8) is 0 Å². The lowest BCUT2D eigenvalue weighted by molar-refractivity contribution is 0.279. The van der Waals surface area contributed by atoms with E-state index < -0.39 is 0 Å². The molecule has 0 atom stereocenters. The van der Waals surface area contributed by atoms with Crippen molar-refractivity contribution in [2.24, 2.45) is 0 Å². The second-order valence-corrected chi connectivity index (χ2v) is 4.80. The SMILES string of the molecule is BrCCCCCN1CCCCCC1. The molecule has 13 heavy (non-hydrogen) atoms. The molecule has 1 rings (SSSR count). The zero-order valence-electron chi connectivity index (χ0n) is 8.60. The molecule has 0 unspecified atom stereocenters. The minimum atomic E-state index is 1.17. The van der Waals surface area contributed by atoms with Crippen molar-refractivity contribution < 1.29 is 0 Å². The average Bonchev–Trinajstić information content (AvgIpc) is 2.41. The number of likely N-dealkylation sites (tertiary alicyclic amines) is 1. The number of alkyl halides is 1. The van der Waals surface area contributed by atoms with Gasteiger partial charge in [0.15, 0.2) is 0 Å². The van der Waals surface area contributed by atoms with Gasteiger partial charge in [0.05, 0.1) is 0 Å². The van der Waals surface area contributed by atoms with Crippen molar-refractivity contribution in [3.8, 4) is 0 Å². The highest BCUT2D eigenvalue weighted by Gasteiger charge is 2.07. The van der Waals surface area contributed by atoms with E-state index in [0.717, 1.165) is 0 Å². The molecular formula is C11H22BrN. The topological polar surface area (TPSA) is 3.24 Å². The molecular weight excluding hydrogens is 226 g/mol. The Labute approximate surface area is 91.0 Å². The Bertz CT molecular complexity index is 109. The molecule has 1 heterocycles. The largest absolute Gasteiger partial charge is 0.303 e. The molecule has 0 radical (unpaired) electrons. The van der Waals surface area contributed by atoms with Crippen molar-refractivity contribution >= 4 is 15.9 Å². The van der Waals surface area contributed by atoms with Crippen LogP contribution in [0.2, 0.25) is 0 Å². The summed E-state index contributed by atoms with van der Waals surface area (Å²) in [6.45, 7) is 4.05. The molecule has 1 saturated heterocycles. The number of unbranched alkanes of at least 4 members (excludes halogenated alkanes) is 2. The predicted molar refractivity (Wildman–Crippen MR) is 62.6 cm³/mol. The van der Waals surface area contributed by atoms with Crippen LogP contribution in [0.25, 0.3) is 0 Å². The third kappa shape index (κ3) is 5.69. The highest BCUT2D eigenvalue weighted by molar-refractivity contribution is 9.09. The number of halogens is 1. The summed E-state index contributed by atoms with van der Waals surface area (Å²) in [6, 6.07) is 0. The van der Waals surface area contributed by atoms with Crippen LogP contribution in [0.4, 0.5) is 0 Å². The standard InChI is InChI=1S/C11H22BrN/c12-8-4-3-7-11-13-9-5-1-2-6-10-13/h1-11H2. The molecule has 0 spiro atoms. The van der Waals surface area contributed by atoms with Gasteiger partial charge in [-0.1, -0.05) is 35.2 Å². The lowest BCUT2D eigenvalue weighted by Gasteiger charge is -2.19. The second-order valence-electron chi connectivity index (χ2n) is 4.01. The van der Waals surface area contributed by atoms with Crippen molar-refractivity contribution in [2.75, 3.05) is 25.0 Å². The molecule has 2 heteroatoms. The summed E-state index contributed by atoms with van der Waals surface area (Å²) in [5.41, 5.74) is 0. The Morgan fingerprint density at radius 3 is 2.15 bits per heavy atom. The van der Waals surface area contributed by atoms with Gasteiger partial charge in [0.2, 0.25) is 0 Å². The highest BCUT2D eigenvalue weighted by Crippen LogP contribution is 2.10. The fourth-order valence-corrected chi connectivity index (χ4v) is 2.36. The van der Waals surface area contributed by atoms with Crippen molar-refractivity contribution in [3.05, 3.63) is 0 Å². The molecule has 0 aromatic carbocycles. The van der Waals surface area contributed by atoms with Gasteiger partial charge in [-0.2, -0.15) is 0 Å². The van der Waals surface area contributed by atoms with E-state index in [4.69, 9.17) is 0 Å². The van der Waals surface area contributed by atoms with E-state index in [2.05, 4.69) is 20.8 Å². The van der Waals surface area contributed by atoms with E-state index in [1.807, 2.05) is 0 Å². The number of hydrogen-bond acceptors (Lipinski definition) is 1. The Hall–Kier alpha value is 0.440. The summed E-state index contributed by atoms with van der Waals surface area (Å²) in [7, 11) is 0. The zero-order chi connectivity index (χ0) is 9.36. The van der Waals surface area contributed by atoms with Crippen LogP contribution >= 0.6 is 15.9 Å². The molecule has 0 aliphatic carbocycles. The van der Waals surface area contributed by atoms with Crippen LogP contribution < -0.4 is 0 Å². The Kier molecular flexibility index (Phi) is 6.92. The van der Waals surface area contributed by atoms with Crippen molar-refractivity contribution in [1.29, 1.82) is 0 Å². The summed E-state index contributed by atoms with van der Waals surface area (Å²) < 4.78 is 0. The molecule has 1 nitrogen and oxygen atoms in total. The van der Waals surface area contributed by atoms with E-state index >= 15 is 0 Å². The van der Waals surface area contributed by atoms with E-state index in [1.54, 1.807) is 0 Å². The maximum absolute atomic E-state index is 3.47. The molecule has 1 aliphatic heterocycles. The maximum Gasteiger partial charge on any atom is 0.00313 e. The first kappa shape index (κ1) is 11.5. The summed E-state index contributed by atoms with van der Waals surface area (Å²) in [5.74, 6) is 0. The van der Waals surface area contributed by atoms with Gasteiger partial charge < -0.3 is 4.90 Å². The fourth-order valence-electron chi connectivity index (χ4n) is 1.97. The van der Waals surface area contributed by atoms with E-state index in [-0.39, 0.29) is 0 Å². The molecule has 0 bridgehead atoms. The van der Waals surface area contributed by atoms with Crippen LogP contribution in [0.3, 0.4) is 0 Å². The van der Waals surface area contributed by atoms with E-state index in [1.165, 1.54) is 69.9 Å². The van der Waals surface area contributed by atoms with Crippen molar-refractivity contribution in [1.82, 2.24) is 4.90 Å². The van der Waals surface area contributed by atoms with Gasteiger partial charge in [0, 0.05) is 5.33 Å². The Morgan fingerprint density at radius 2 is 1.54 bits per heavy atom. The van der Waals surface area contributed by atoms with Gasteiger partial charge in [-0.15, -0.1) is 0 Å². The first-order chi connectivity index (χ1) is 6.43. The molecule has 1 aliphatic rings. The first-order valence-corrected chi connectivity index (χ1v) is 6.84. The minimum absolute atomic E-state index is 1.17. The molecule has 78 valence electrons.